The summed E-state index contributed by atoms with van der Waals surface area (Å²) in [5.41, 5.74) is 5.89. The van der Waals surface area contributed by atoms with Gasteiger partial charge in [-0.25, -0.2) is 0 Å². The van der Waals surface area contributed by atoms with E-state index in [-0.39, 0.29) is 6.10 Å². The molecule has 3 nitrogen and oxygen atoms in total. The van der Waals surface area contributed by atoms with Gasteiger partial charge in [0.05, 0.1) is 6.10 Å². The monoisotopic (exact) mass is 200 g/mol. The van der Waals surface area contributed by atoms with Crippen LogP contribution in [0.5, 0.6) is 0 Å². The van der Waals surface area contributed by atoms with Gasteiger partial charge in [0, 0.05) is 18.6 Å². The lowest BCUT2D eigenvalue weighted by molar-refractivity contribution is 0.152. The lowest BCUT2D eigenvalue weighted by atomic mass is 9.91. The molecule has 0 aliphatic heterocycles. The van der Waals surface area contributed by atoms with Crippen molar-refractivity contribution < 1.29 is 5.11 Å². The van der Waals surface area contributed by atoms with Gasteiger partial charge in [-0.1, -0.05) is 19.8 Å². The van der Waals surface area contributed by atoms with Crippen molar-refractivity contribution in [3.8, 4) is 0 Å². The van der Waals surface area contributed by atoms with E-state index < -0.39 is 0 Å². The fraction of sp³-hybridized carbons (Fsp3) is 1.00. The molecule has 1 rings (SSSR count). The fourth-order valence-corrected chi connectivity index (χ4v) is 2.15. The number of nitrogens with one attached hydrogen (secondary N) is 1. The molecule has 0 aromatic rings. The summed E-state index contributed by atoms with van der Waals surface area (Å²) < 4.78 is 0. The molecular weight excluding hydrogens is 176 g/mol. The van der Waals surface area contributed by atoms with Crippen LogP contribution in [0.4, 0.5) is 0 Å². The summed E-state index contributed by atoms with van der Waals surface area (Å²) in [6.45, 7) is 2.82. The van der Waals surface area contributed by atoms with E-state index in [0.29, 0.717) is 12.1 Å². The molecule has 0 spiro atoms. The molecule has 0 radical (unpaired) electrons. The van der Waals surface area contributed by atoms with E-state index in [1.807, 2.05) is 0 Å². The Kier molecular flexibility index (Phi) is 5.45. The van der Waals surface area contributed by atoms with Crippen molar-refractivity contribution in [3.05, 3.63) is 0 Å². The highest BCUT2D eigenvalue weighted by Crippen LogP contribution is 2.16. The molecule has 0 heterocycles. The Morgan fingerprint density at radius 1 is 1.50 bits per heavy atom. The maximum atomic E-state index is 9.55. The molecule has 1 fully saturated rings. The van der Waals surface area contributed by atoms with Crippen molar-refractivity contribution in [2.75, 3.05) is 6.54 Å². The average molecular weight is 200 g/mol. The summed E-state index contributed by atoms with van der Waals surface area (Å²) in [5, 5.41) is 13.0. The van der Waals surface area contributed by atoms with Gasteiger partial charge in [-0.3, -0.25) is 0 Å². The average Bonchev–Trinajstić information content (AvgIpc) is 2.15. The van der Waals surface area contributed by atoms with Crippen LogP contribution >= 0.6 is 0 Å². The topological polar surface area (TPSA) is 58.3 Å². The molecule has 0 bridgehead atoms. The minimum Gasteiger partial charge on any atom is -0.392 e. The molecule has 1 aliphatic rings. The molecule has 14 heavy (non-hydrogen) atoms. The molecule has 1 saturated carbocycles. The number of rotatable bonds is 5. The van der Waals surface area contributed by atoms with Gasteiger partial charge >= 0.3 is 0 Å². The number of nitrogens with two attached hydrogens (primary N) is 1. The Balaban J connectivity index is 2.10. The predicted molar refractivity (Wildman–Crippen MR) is 59.1 cm³/mol. The van der Waals surface area contributed by atoms with Crippen LogP contribution in [-0.4, -0.2) is 29.8 Å². The number of aliphatic hydroxyl groups is 1. The third-order valence-corrected chi connectivity index (χ3v) is 2.98. The molecule has 4 N–H and O–H groups in total. The van der Waals surface area contributed by atoms with E-state index in [2.05, 4.69) is 12.2 Å². The summed E-state index contributed by atoms with van der Waals surface area (Å²) >= 11 is 0. The van der Waals surface area contributed by atoms with Crippen molar-refractivity contribution in [3.63, 3.8) is 0 Å². The fourth-order valence-electron chi connectivity index (χ4n) is 2.15. The summed E-state index contributed by atoms with van der Waals surface area (Å²) in [7, 11) is 0. The Morgan fingerprint density at radius 3 is 2.93 bits per heavy atom. The van der Waals surface area contributed by atoms with Crippen molar-refractivity contribution in [1.29, 1.82) is 0 Å². The van der Waals surface area contributed by atoms with Gasteiger partial charge < -0.3 is 16.2 Å². The zero-order valence-electron chi connectivity index (χ0n) is 9.21. The maximum Gasteiger partial charge on any atom is 0.0664 e. The molecular formula is C11H24N2O. The summed E-state index contributed by atoms with van der Waals surface area (Å²) in [5.74, 6) is 0. The molecule has 84 valence electrons. The van der Waals surface area contributed by atoms with Crippen molar-refractivity contribution in [1.82, 2.24) is 5.32 Å². The summed E-state index contributed by atoms with van der Waals surface area (Å²) in [6, 6.07) is 0.898. The summed E-state index contributed by atoms with van der Waals surface area (Å²) in [4.78, 5) is 0. The van der Waals surface area contributed by atoms with Gasteiger partial charge in [-0.15, -0.1) is 0 Å². The van der Waals surface area contributed by atoms with Gasteiger partial charge in [0.25, 0.3) is 0 Å². The van der Waals surface area contributed by atoms with E-state index in [1.165, 1.54) is 12.8 Å². The van der Waals surface area contributed by atoms with Crippen molar-refractivity contribution in [2.24, 2.45) is 5.73 Å². The van der Waals surface area contributed by atoms with E-state index in [9.17, 15) is 5.11 Å². The van der Waals surface area contributed by atoms with Crippen LogP contribution in [0.3, 0.4) is 0 Å². The molecule has 3 heteroatoms. The van der Waals surface area contributed by atoms with Crippen LogP contribution in [-0.2, 0) is 0 Å². The molecule has 3 unspecified atom stereocenters. The van der Waals surface area contributed by atoms with Crippen LogP contribution in [0.25, 0.3) is 0 Å². The Bertz CT molecular complexity index is 152. The van der Waals surface area contributed by atoms with Crippen LogP contribution in [0, 0.1) is 0 Å². The minimum absolute atomic E-state index is 0.182. The quantitative estimate of drug-likeness (QED) is 0.620. The standard InChI is InChI=1S/C11H24N2O/c1-2-4-11(14)8-13-10-6-3-5-9(12)7-10/h9-11,13-14H,2-8,12H2,1H3. The Labute approximate surface area is 87.1 Å². The van der Waals surface area contributed by atoms with Crippen LogP contribution in [0.15, 0.2) is 0 Å². The minimum atomic E-state index is -0.182. The molecule has 0 aromatic carbocycles. The second-order valence-corrected chi connectivity index (χ2v) is 4.47. The van der Waals surface area contributed by atoms with Crippen LogP contribution in [0.2, 0.25) is 0 Å². The van der Waals surface area contributed by atoms with E-state index in [4.69, 9.17) is 5.73 Å². The van der Waals surface area contributed by atoms with E-state index >= 15 is 0 Å². The van der Waals surface area contributed by atoms with E-state index in [0.717, 1.165) is 32.2 Å². The summed E-state index contributed by atoms with van der Waals surface area (Å²) in [6.07, 6.45) is 6.43. The van der Waals surface area contributed by atoms with Crippen LogP contribution in [0.1, 0.15) is 45.4 Å². The normalized spacial score (nSPS) is 30.2. The SMILES string of the molecule is CCCC(O)CNC1CCCC(N)C1. The van der Waals surface area contributed by atoms with Gasteiger partial charge in [0.15, 0.2) is 0 Å². The lowest BCUT2D eigenvalue weighted by Gasteiger charge is -2.28. The first-order valence-corrected chi connectivity index (χ1v) is 5.89. The first-order chi connectivity index (χ1) is 6.72. The second kappa shape index (κ2) is 6.38. The molecule has 1 aliphatic carbocycles. The van der Waals surface area contributed by atoms with Gasteiger partial charge in [0.1, 0.15) is 0 Å². The highest BCUT2D eigenvalue weighted by Gasteiger charge is 2.19. The number of hydrogen-bond acceptors (Lipinski definition) is 3. The molecule has 0 aromatic heterocycles. The highest BCUT2D eigenvalue weighted by atomic mass is 16.3. The lowest BCUT2D eigenvalue weighted by Crippen LogP contribution is -2.42. The third-order valence-electron chi connectivity index (χ3n) is 2.98. The molecule has 0 amide bonds. The zero-order valence-corrected chi connectivity index (χ0v) is 9.21. The number of hydrogen-bond donors (Lipinski definition) is 3. The zero-order chi connectivity index (χ0) is 10.4. The predicted octanol–water partition coefficient (Wildman–Crippen LogP) is 1.01. The van der Waals surface area contributed by atoms with E-state index in [1.54, 1.807) is 0 Å². The first kappa shape index (κ1) is 12.0. The Morgan fingerprint density at radius 2 is 2.29 bits per heavy atom. The van der Waals surface area contributed by atoms with Crippen molar-refractivity contribution >= 4 is 0 Å². The maximum absolute atomic E-state index is 9.55. The van der Waals surface area contributed by atoms with Gasteiger partial charge in [-0.2, -0.15) is 0 Å². The first-order valence-electron chi connectivity index (χ1n) is 5.89. The smallest absolute Gasteiger partial charge is 0.0664 e. The van der Waals surface area contributed by atoms with Crippen molar-refractivity contribution in [2.45, 2.75) is 63.6 Å². The van der Waals surface area contributed by atoms with Gasteiger partial charge in [-0.05, 0) is 25.7 Å². The third kappa shape index (κ3) is 4.40. The number of aliphatic hydroxyl groups excluding tert-OH is 1. The highest BCUT2D eigenvalue weighted by molar-refractivity contribution is 4.80. The second-order valence-electron chi connectivity index (χ2n) is 4.47. The molecule has 0 saturated heterocycles. The Hall–Kier alpha value is -0.120. The largest absolute Gasteiger partial charge is 0.392 e. The van der Waals surface area contributed by atoms with Gasteiger partial charge in [0.2, 0.25) is 0 Å². The van der Waals surface area contributed by atoms with Crippen LogP contribution < -0.4 is 11.1 Å². The molecule has 3 atom stereocenters.